The van der Waals surface area contributed by atoms with E-state index in [1.165, 1.54) is 30.5 Å². The zero-order chi connectivity index (χ0) is 14.7. The van der Waals surface area contributed by atoms with Crippen molar-refractivity contribution in [1.29, 1.82) is 0 Å². The van der Waals surface area contributed by atoms with Gasteiger partial charge < -0.3 is 9.84 Å². The lowest BCUT2D eigenvalue weighted by molar-refractivity contribution is -0.385. The Kier molecular flexibility index (Phi) is 4.16. The maximum atomic E-state index is 10.9. The molecule has 1 heterocycles. The van der Waals surface area contributed by atoms with Crippen LogP contribution < -0.4 is 4.74 Å². The second kappa shape index (κ2) is 5.85. The number of hydrogen-bond acceptors (Lipinski definition) is 5. The predicted molar refractivity (Wildman–Crippen MR) is 73.1 cm³/mol. The van der Waals surface area contributed by atoms with Crippen molar-refractivity contribution in [3.8, 4) is 11.6 Å². The quantitative estimate of drug-likeness (QED) is 0.689. The normalized spacial score (nSPS) is 11.9. The highest BCUT2D eigenvalue weighted by molar-refractivity contribution is 6.30. The Morgan fingerprint density at radius 2 is 2.15 bits per heavy atom. The zero-order valence-electron chi connectivity index (χ0n) is 10.5. The summed E-state index contributed by atoms with van der Waals surface area (Å²) in [5.41, 5.74) is 0.355. The molecule has 0 fully saturated rings. The van der Waals surface area contributed by atoms with E-state index in [0.717, 1.165) is 0 Å². The number of ether oxygens (including phenoxy) is 1. The molecular formula is C13H11ClN2O4. The molecule has 0 bridgehead atoms. The monoisotopic (exact) mass is 294 g/mol. The Hall–Kier alpha value is -2.18. The summed E-state index contributed by atoms with van der Waals surface area (Å²) in [6.07, 6.45) is 0.777. The number of aliphatic hydroxyl groups excluding tert-OH is 1. The van der Waals surface area contributed by atoms with Crippen LogP contribution in [0.5, 0.6) is 11.6 Å². The number of nitro benzene ring substituents is 1. The SMILES string of the molecule is C[C@@H](O)c1ccnc(Oc2ccc(Cl)cc2[N+](=O)[O-])c1. The molecule has 7 heteroatoms. The summed E-state index contributed by atoms with van der Waals surface area (Å²) in [5, 5.41) is 20.7. The van der Waals surface area contributed by atoms with Gasteiger partial charge in [0.15, 0.2) is 0 Å². The van der Waals surface area contributed by atoms with Crippen molar-refractivity contribution in [2.75, 3.05) is 0 Å². The van der Waals surface area contributed by atoms with E-state index in [9.17, 15) is 15.2 Å². The van der Waals surface area contributed by atoms with E-state index in [1.54, 1.807) is 13.0 Å². The lowest BCUT2D eigenvalue weighted by Gasteiger charge is -2.08. The van der Waals surface area contributed by atoms with Gasteiger partial charge in [-0.15, -0.1) is 0 Å². The van der Waals surface area contributed by atoms with E-state index in [4.69, 9.17) is 16.3 Å². The van der Waals surface area contributed by atoms with E-state index < -0.39 is 11.0 Å². The fourth-order valence-electron chi connectivity index (χ4n) is 1.57. The molecular weight excluding hydrogens is 284 g/mol. The summed E-state index contributed by atoms with van der Waals surface area (Å²) in [6, 6.07) is 7.24. The summed E-state index contributed by atoms with van der Waals surface area (Å²) in [6.45, 7) is 1.60. The van der Waals surface area contributed by atoms with Crippen LogP contribution in [0, 0.1) is 10.1 Å². The third-order valence-corrected chi connectivity index (χ3v) is 2.81. The predicted octanol–water partition coefficient (Wildman–Crippen LogP) is 3.49. The molecule has 0 amide bonds. The number of nitrogens with zero attached hydrogens (tertiary/aromatic N) is 2. The summed E-state index contributed by atoms with van der Waals surface area (Å²) in [5.74, 6) is 0.198. The van der Waals surface area contributed by atoms with E-state index in [-0.39, 0.29) is 22.3 Å². The van der Waals surface area contributed by atoms with Gasteiger partial charge in [-0.2, -0.15) is 0 Å². The van der Waals surface area contributed by atoms with Gasteiger partial charge in [0.2, 0.25) is 11.6 Å². The van der Waals surface area contributed by atoms with Crippen molar-refractivity contribution in [2.45, 2.75) is 13.0 Å². The van der Waals surface area contributed by atoms with Crippen LogP contribution in [0.2, 0.25) is 5.02 Å². The Bertz CT molecular complexity index is 646. The fraction of sp³-hybridized carbons (Fsp3) is 0.154. The van der Waals surface area contributed by atoms with E-state index in [0.29, 0.717) is 5.56 Å². The van der Waals surface area contributed by atoms with Gasteiger partial charge in [0, 0.05) is 23.4 Å². The van der Waals surface area contributed by atoms with Gasteiger partial charge in [-0.05, 0) is 30.7 Å². The molecule has 6 nitrogen and oxygen atoms in total. The molecule has 1 atom stereocenters. The summed E-state index contributed by atoms with van der Waals surface area (Å²) in [4.78, 5) is 14.3. The third kappa shape index (κ3) is 3.23. The van der Waals surface area contributed by atoms with Crippen LogP contribution in [0.25, 0.3) is 0 Å². The molecule has 0 radical (unpaired) electrons. The van der Waals surface area contributed by atoms with Crippen LogP contribution in [0.4, 0.5) is 5.69 Å². The lowest BCUT2D eigenvalue weighted by Crippen LogP contribution is -1.97. The number of rotatable bonds is 4. The average molecular weight is 295 g/mol. The number of nitro groups is 1. The Morgan fingerprint density at radius 1 is 1.40 bits per heavy atom. The van der Waals surface area contributed by atoms with Crippen molar-refractivity contribution in [3.05, 3.63) is 57.2 Å². The molecule has 0 aliphatic heterocycles. The molecule has 0 spiro atoms. The number of hydrogen-bond donors (Lipinski definition) is 1. The second-order valence-electron chi connectivity index (χ2n) is 4.07. The van der Waals surface area contributed by atoms with E-state index in [2.05, 4.69) is 4.98 Å². The highest BCUT2D eigenvalue weighted by atomic mass is 35.5. The van der Waals surface area contributed by atoms with Crippen molar-refractivity contribution in [1.82, 2.24) is 4.98 Å². The maximum absolute atomic E-state index is 10.9. The van der Waals surface area contributed by atoms with Crippen molar-refractivity contribution >= 4 is 17.3 Å². The minimum atomic E-state index is -0.680. The Labute approximate surface area is 119 Å². The summed E-state index contributed by atoms with van der Waals surface area (Å²) in [7, 11) is 0. The summed E-state index contributed by atoms with van der Waals surface area (Å²) >= 11 is 5.72. The number of halogens is 1. The maximum Gasteiger partial charge on any atom is 0.313 e. The molecule has 1 N–H and O–H groups in total. The number of aliphatic hydroxyl groups is 1. The molecule has 0 aliphatic rings. The van der Waals surface area contributed by atoms with Gasteiger partial charge in [-0.3, -0.25) is 10.1 Å². The molecule has 0 saturated heterocycles. The van der Waals surface area contributed by atoms with Gasteiger partial charge in [0.1, 0.15) is 0 Å². The van der Waals surface area contributed by atoms with Crippen LogP contribution in [0.1, 0.15) is 18.6 Å². The van der Waals surface area contributed by atoms with Gasteiger partial charge in [0.25, 0.3) is 0 Å². The zero-order valence-corrected chi connectivity index (χ0v) is 11.2. The lowest BCUT2D eigenvalue weighted by atomic mass is 10.2. The molecule has 0 aliphatic carbocycles. The van der Waals surface area contributed by atoms with Crippen LogP contribution in [0.3, 0.4) is 0 Å². The van der Waals surface area contributed by atoms with Crippen molar-refractivity contribution in [3.63, 3.8) is 0 Å². The van der Waals surface area contributed by atoms with Crippen LogP contribution in [-0.4, -0.2) is 15.0 Å². The van der Waals surface area contributed by atoms with Crippen molar-refractivity contribution < 1.29 is 14.8 Å². The van der Waals surface area contributed by atoms with Crippen molar-refractivity contribution in [2.24, 2.45) is 0 Å². The average Bonchev–Trinajstić information content (AvgIpc) is 2.41. The highest BCUT2D eigenvalue weighted by Gasteiger charge is 2.17. The standard InChI is InChI=1S/C13H11ClN2O4/c1-8(17)9-4-5-15-13(6-9)20-12-3-2-10(14)7-11(12)16(18)19/h2-8,17H,1H3/t8-/m1/s1. The van der Waals surface area contributed by atoms with Crippen LogP contribution in [0.15, 0.2) is 36.5 Å². The van der Waals surface area contributed by atoms with Gasteiger partial charge in [-0.25, -0.2) is 4.98 Å². The van der Waals surface area contributed by atoms with Crippen LogP contribution >= 0.6 is 11.6 Å². The minimum Gasteiger partial charge on any atom is -0.432 e. The highest BCUT2D eigenvalue weighted by Crippen LogP contribution is 2.33. The molecule has 2 aromatic rings. The molecule has 2 rings (SSSR count). The molecule has 104 valence electrons. The number of pyridine rings is 1. The molecule has 0 saturated carbocycles. The Balaban J connectivity index is 2.35. The van der Waals surface area contributed by atoms with Crippen LogP contribution in [-0.2, 0) is 0 Å². The van der Waals surface area contributed by atoms with E-state index >= 15 is 0 Å². The molecule has 20 heavy (non-hydrogen) atoms. The molecule has 1 aromatic carbocycles. The first-order chi connectivity index (χ1) is 9.47. The third-order valence-electron chi connectivity index (χ3n) is 2.57. The number of benzene rings is 1. The number of aromatic nitrogens is 1. The van der Waals surface area contributed by atoms with Gasteiger partial charge in [-0.1, -0.05) is 11.6 Å². The first-order valence-corrected chi connectivity index (χ1v) is 6.11. The molecule has 1 aromatic heterocycles. The fourth-order valence-corrected chi connectivity index (χ4v) is 1.74. The van der Waals surface area contributed by atoms with Gasteiger partial charge >= 0.3 is 5.69 Å². The first-order valence-electron chi connectivity index (χ1n) is 5.73. The Morgan fingerprint density at radius 3 is 2.80 bits per heavy atom. The first kappa shape index (κ1) is 14.2. The van der Waals surface area contributed by atoms with E-state index in [1.807, 2.05) is 0 Å². The second-order valence-corrected chi connectivity index (χ2v) is 4.51. The summed E-state index contributed by atoms with van der Waals surface area (Å²) < 4.78 is 5.39. The largest absolute Gasteiger partial charge is 0.432 e. The topological polar surface area (TPSA) is 85.5 Å². The smallest absolute Gasteiger partial charge is 0.313 e. The minimum absolute atomic E-state index is 0.0367. The van der Waals surface area contributed by atoms with Gasteiger partial charge in [0.05, 0.1) is 11.0 Å². The molecule has 0 unspecified atom stereocenters.